The first-order valence-corrected chi connectivity index (χ1v) is 7.44. The average Bonchev–Trinajstić information content (AvgIpc) is 3.23. The van der Waals surface area contributed by atoms with E-state index in [9.17, 15) is 0 Å². The van der Waals surface area contributed by atoms with Crippen LogP contribution in [-0.4, -0.2) is 15.8 Å². The maximum Gasteiger partial charge on any atom is 0.151 e. The van der Waals surface area contributed by atoms with E-state index in [-0.39, 0.29) is 0 Å². The van der Waals surface area contributed by atoms with Crippen molar-refractivity contribution < 1.29 is 4.42 Å². The number of nitrogens with zero attached hydrogens (tertiary/aromatic N) is 3. The number of aromatic nitrogens is 2. The Kier molecular flexibility index (Phi) is 3.48. The van der Waals surface area contributed by atoms with Crippen molar-refractivity contribution >= 4 is 22.7 Å². The molecule has 0 aliphatic rings. The Morgan fingerprint density at radius 2 is 1.96 bits per heavy atom. The molecule has 4 aromatic rings. The Morgan fingerprint density at radius 1 is 1.04 bits per heavy atom. The van der Waals surface area contributed by atoms with Gasteiger partial charge in [0.2, 0.25) is 0 Å². The third-order valence-electron chi connectivity index (χ3n) is 3.76. The number of furan rings is 1. The predicted octanol–water partition coefficient (Wildman–Crippen LogP) is 4.43. The topological polar surface area (TPSA) is 43.3 Å². The Labute approximate surface area is 133 Å². The summed E-state index contributed by atoms with van der Waals surface area (Å²) >= 11 is 0. The molecule has 0 saturated carbocycles. The van der Waals surface area contributed by atoms with E-state index in [0.717, 1.165) is 28.8 Å². The molecule has 0 spiro atoms. The standard InChI is InChI=1S/C19H15N3O/c1-2-5-15(6-3-1)12-22-10-9-20-19(22)11-21-18-8-4-7-16-13-23-14-17(16)18/h1-11,13-14H,12H2. The second-order valence-electron chi connectivity index (χ2n) is 5.31. The molecule has 0 amide bonds. The molecule has 0 bridgehead atoms. The van der Waals surface area contributed by atoms with Crippen LogP contribution in [0.1, 0.15) is 11.4 Å². The van der Waals surface area contributed by atoms with E-state index < -0.39 is 0 Å². The molecular formula is C19H15N3O. The molecule has 0 fully saturated rings. The first-order valence-electron chi connectivity index (χ1n) is 7.44. The van der Waals surface area contributed by atoms with Crippen LogP contribution in [0.4, 0.5) is 5.69 Å². The Bertz CT molecular complexity index is 951. The summed E-state index contributed by atoms with van der Waals surface area (Å²) in [6, 6.07) is 16.3. The number of imidazole rings is 1. The van der Waals surface area contributed by atoms with Crippen molar-refractivity contribution in [3.05, 3.63) is 84.8 Å². The van der Waals surface area contributed by atoms with Gasteiger partial charge in [0, 0.05) is 29.7 Å². The highest BCUT2D eigenvalue weighted by Crippen LogP contribution is 2.26. The van der Waals surface area contributed by atoms with Gasteiger partial charge in [-0.25, -0.2) is 4.98 Å². The van der Waals surface area contributed by atoms with Gasteiger partial charge in [0.05, 0.1) is 18.2 Å². The molecule has 0 aliphatic heterocycles. The number of hydrogen-bond donors (Lipinski definition) is 0. The molecule has 4 rings (SSSR count). The van der Waals surface area contributed by atoms with Crippen LogP contribution in [0, 0.1) is 0 Å². The number of aliphatic imine (C=N–C) groups is 1. The highest BCUT2D eigenvalue weighted by molar-refractivity contribution is 5.93. The fourth-order valence-corrected chi connectivity index (χ4v) is 2.58. The van der Waals surface area contributed by atoms with E-state index in [1.165, 1.54) is 5.56 Å². The first kappa shape index (κ1) is 13.5. The van der Waals surface area contributed by atoms with Crippen LogP contribution < -0.4 is 0 Å². The van der Waals surface area contributed by atoms with Crippen LogP contribution in [0.5, 0.6) is 0 Å². The van der Waals surface area contributed by atoms with E-state index in [4.69, 9.17) is 4.42 Å². The minimum Gasteiger partial charge on any atom is -0.471 e. The lowest BCUT2D eigenvalue weighted by atomic mass is 10.2. The fourth-order valence-electron chi connectivity index (χ4n) is 2.58. The Hall–Kier alpha value is -3.14. The zero-order valence-electron chi connectivity index (χ0n) is 12.5. The zero-order valence-corrected chi connectivity index (χ0v) is 12.5. The summed E-state index contributed by atoms with van der Waals surface area (Å²) in [6.07, 6.45) is 9.00. The lowest BCUT2D eigenvalue weighted by molar-refractivity contribution is 0.572. The molecule has 0 radical (unpaired) electrons. The van der Waals surface area contributed by atoms with Gasteiger partial charge in [0.25, 0.3) is 0 Å². The van der Waals surface area contributed by atoms with Crippen LogP contribution in [0.3, 0.4) is 0 Å². The van der Waals surface area contributed by atoms with E-state index >= 15 is 0 Å². The molecule has 4 nitrogen and oxygen atoms in total. The summed E-state index contributed by atoms with van der Waals surface area (Å²) in [5.41, 5.74) is 2.11. The molecule has 0 aliphatic carbocycles. The van der Waals surface area contributed by atoms with Gasteiger partial charge in [-0.1, -0.05) is 42.5 Å². The summed E-state index contributed by atoms with van der Waals surface area (Å²) in [5.74, 6) is 0.828. The molecule has 0 saturated heterocycles. The van der Waals surface area contributed by atoms with Crippen molar-refractivity contribution in [1.82, 2.24) is 9.55 Å². The normalized spacial score (nSPS) is 11.5. The molecule has 2 heterocycles. The third-order valence-corrected chi connectivity index (χ3v) is 3.76. The van der Waals surface area contributed by atoms with E-state index in [2.05, 4.69) is 26.7 Å². The SMILES string of the molecule is C(=Nc1cccc2cocc12)c1nccn1Cc1ccccc1. The van der Waals surface area contributed by atoms with E-state index in [1.807, 2.05) is 42.6 Å². The Morgan fingerprint density at radius 3 is 2.87 bits per heavy atom. The lowest BCUT2D eigenvalue weighted by Gasteiger charge is -2.05. The number of rotatable bonds is 4. The summed E-state index contributed by atoms with van der Waals surface area (Å²) < 4.78 is 7.33. The van der Waals surface area contributed by atoms with Crippen molar-refractivity contribution in [2.45, 2.75) is 6.54 Å². The van der Waals surface area contributed by atoms with Crippen LogP contribution in [0.15, 0.2) is 82.9 Å². The lowest BCUT2D eigenvalue weighted by Crippen LogP contribution is -2.03. The number of fused-ring (bicyclic) bond motifs is 1. The second-order valence-corrected chi connectivity index (χ2v) is 5.31. The largest absolute Gasteiger partial charge is 0.471 e. The summed E-state index contributed by atoms with van der Waals surface area (Å²) in [4.78, 5) is 8.97. The molecule has 0 unspecified atom stereocenters. The van der Waals surface area contributed by atoms with Gasteiger partial charge in [-0.3, -0.25) is 4.99 Å². The molecule has 112 valence electrons. The minimum atomic E-state index is 0.776. The maximum absolute atomic E-state index is 5.25. The summed E-state index contributed by atoms with van der Waals surface area (Å²) in [7, 11) is 0. The number of benzene rings is 2. The van der Waals surface area contributed by atoms with E-state index in [0.29, 0.717) is 0 Å². The monoisotopic (exact) mass is 301 g/mol. The van der Waals surface area contributed by atoms with Crippen molar-refractivity contribution in [1.29, 1.82) is 0 Å². The molecule has 0 atom stereocenters. The maximum atomic E-state index is 5.25. The van der Waals surface area contributed by atoms with Gasteiger partial charge < -0.3 is 8.98 Å². The summed E-state index contributed by atoms with van der Waals surface area (Å²) in [5, 5.41) is 2.05. The van der Waals surface area contributed by atoms with Crippen LogP contribution >= 0.6 is 0 Å². The molecule has 23 heavy (non-hydrogen) atoms. The molecule has 4 heteroatoms. The van der Waals surface area contributed by atoms with Crippen LogP contribution in [-0.2, 0) is 6.54 Å². The van der Waals surface area contributed by atoms with Gasteiger partial charge in [-0.05, 0) is 11.6 Å². The van der Waals surface area contributed by atoms with Crippen LogP contribution in [0.2, 0.25) is 0 Å². The Balaban J connectivity index is 1.62. The van der Waals surface area contributed by atoms with Crippen molar-refractivity contribution in [3.63, 3.8) is 0 Å². The van der Waals surface area contributed by atoms with Gasteiger partial charge in [0.15, 0.2) is 5.82 Å². The van der Waals surface area contributed by atoms with Gasteiger partial charge in [-0.2, -0.15) is 0 Å². The highest BCUT2D eigenvalue weighted by Gasteiger charge is 2.03. The molecule has 2 aromatic heterocycles. The molecule has 2 aromatic carbocycles. The first-order chi connectivity index (χ1) is 11.4. The average molecular weight is 301 g/mol. The van der Waals surface area contributed by atoms with Gasteiger partial charge in [0.1, 0.15) is 6.26 Å². The quantitative estimate of drug-likeness (QED) is 0.523. The zero-order chi connectivity index (χ0) is 15.5. The number of hydrogen-bond acceptors (Lipinski definition) is 3. The molecule has 0 N–H and O–H groups in total. The molecular weight excluding hydrogens is 286 g/mol. The fraction of sp³-hybridized carbons (Fsp3) is 0.0526. The predicted molar refractivity (Wildman–Crippen MR) is 91.2 cm³/mol. The van der Waals surface area contributed by atoms with Crippen LogP contribution in [0.25, 0.3) is 10.8 Å². The van der Waals surface area contributed by atoms with Crippen molar-refractivity contribution in [2.75, 3.05) is 0 Å². The smallest absolute Gasteiger partial charge is 0.151 e. The van der Waals surface area contributed by atoms with Crippen molar-refractivity contribution in [3.8, 4) is 0 Å². The second kappa shape index (κ2) is 5.93. The van der Waals surface area contributed by atoms with Gasteiger partial charge in [-0.15, -0.1) is 0 Å². The minimum absolute atomic E-state index is 0.776. The van der Waals surface area contributed by atoms with E-state index in [1.54, 1.807) is 24.9 Å². The highest BCUT2D eigenvalue weighted by atomic mass is 16.3. The van der Waals surface area contributed by atoms with Crippen molar-refractivity contribution in [2.24, 2.45) is 4.99 Å². The van der Waals surface area contributed by atoms with Gasteiger partial charge >= 0.3 is 0 Å². The summed E-state index contributed by atoms with van der Waals surface area (Å²) in [6.45, 7) is 0.776. The third kappa shape index (κ3) is 2.79.